The number of fused-ring (bicyclic) bond motifs is 1. The molecular formula is C26H26N4O5S. The Kier molecular flexibility index (Phi) is 7.65. The summed E-state index contributed by atoms with van der Waals surface area (Å²) in [6.07, 6.45) is 2.78. The number of nitrogens with zero attached hydrogens (tertiary/aromatic N) is 2. The van der Waals surface area contributed by atoms with Gasteiger partial charge in [-0.1, -0.05) is 12.1 Å². The van der Waals surface area contributed by atoms with Crippen LogP contribution in [0, 0.1) is 0 Å². The number of nitrogens with one attached hydrogen (secondary N) is 2. The van der Waals surface area contributed by atoms with Crippen LogP contribution in [-0.4, -0.2) is 44.5 Å². The number of ether oxygens (including phenoxy) is 1. The van der Waals surface area contributed by atoms with E-state index in [1.165, 1.54) is 17.0 Å². The van der Waals surface area contributed by atoms with Crippen LogP contribution in [0.2, 0.25) is 0 Å². The van der Waals surface area contributed by atoms with Gasteiger partial charge in [0.2, 0.25) is 0 Å². The fourth-order valence-electron chi connectivity index (χ4n) is 3.68. The number of rotatable bonds is 11. The zero-order valence-corrected chi connectivity index (χ0v) is 20.5. The second-order valence-corrected chi connectivity index (χ2v) is 9.64. The van der Waals surface area contributed by atoms with Crippen molar-refractivity contribution in [1.82, 2.24) is 4.90 Å². The number of hydrogen-bond acceptors (Lipinski definition) is 7. The van der Waals surface area contributed by atoms with Gasteiger partial charge in [-0.05, 0) is 80.4 Å². The van der Waals surface area contributed by atoms with E-state index in [9.17, 15) is 18.0 Å². The van der Waals surface area contributed by atoms with Crippen LogP contribution < -0.4 is 14.9 Å². The number of hydrogen-bond donors (Lipinski definition) is 2. The van der Waals surface area contributed by atoms with Gasteiger partial charge in [-0.15, -0.1) is 0 Å². The molecule has 1 aliphatic heterocycles. The van der Waals surface area contributed by atoms with E-state index < -0.39 is 10.0 Å². The first-order chi connectivity index (χ1) is 17.4. The zero-order valence-electron chi connectivity index (χ0n) is 19.7. The van der Waals surface area contributed by atoms with Crippen molar-refractivity contribution < 1.29 is 22.7 Å². The predicted molar refractivity (Wildman–Crippen MR) is 138 cm³/mol. The van der Waals surface area contributed by atoms with Crippen molar-refractivity contribution in [2.45, 2.75) is 24.7 Å². The molecule has 186 valence electrons. The van der Waals surface area contributed by atoms with E-state index in [0.717, 1.165) is 0 Å². The number of carbonyl (C=O) groups excluding carboxylic acids is 2. The van der Waals surface area contributed by atoms with E-state index in [2.05, 4.69) is 15.2 Å². The molecule has 2 N–H and O–H groups in total. The average Bonchev–Trinajstić information content (AvgIpc) is 3.12. The molecule has 1 aliphatic rings. The summed E-state index contributed by atoms with van der Waals surface area (Å²) >= 11 is 0. The van der Waals surface area contributed by atoms with E-state index in [4.69, 9.17) is 4.74 Å². The molecule has 0 aliphatic carbocycles. The molecule has 0 saturated heterocycles. The van der Waals surface area contributed by atoms with Gasteiger partial charge in [0.25, 0.3) is 21.8 Å². The normalized spacial score (nSPS) is 13.2. The molecule has 0 saturated carbocycles. The summed E-state index contributed by atoms with van der Waals surface area (Å²) in [4.78, 5) is 26.1. The molecule has 1 heterocycles. The van der Waals surface area contributed by atoms with Crippen LogP contribution in [0.25, 0.3) is 0 Å². The average molecular weight is 507 g/mol. The van der Waals surface area contributed by atoms with Gasteiger partial charge in [-0.25, -0.2) is 8.42 Å². The maximum atomic E-state index is 12.6. The van der Waals surface area contributed by atoms with Crippen molar-refractivity contribution in [3.05, 3.63) is 83.9 Å². The van der Waals surface area contributed by atoms with Crippen LogP contribution in [-0.2, 0) is 10.0 Å². The fourth-order valence-corrected chi connectivity index (χ4v) is 4.73. The van der Waals surface area contributed by atoms with Gasteiger partial charge in [0.1, 0.15) is 5.75 Å². The van der Waals surface area contributed by atoms with E-state index >= 15 is 0 Å². The number of sulfonamides is 1. The summed E-state index contributed by atoms with van der Waals surface area (Å²) in [5, 5.41) is 4.13. The van der Waals surface area contributed by atoms with Gasteiger partial charge in [-0.3, -0.25) is 24.6 Å². The molecule has 0 spiro atoms. The van der Waals surface area contributed by atoms with Crippen LogP contribution in [0.3, 0.4) is 0 Å². The lowest BCUT2D eigenvalue weighted by molar-refractivity contribution is 0.0653. The number of anilines is 2. The molecular weight excluding hydrogens is 480 g/mol. The highest BCUT2D eigenvalue weighted by atomic mass is 32.2. The summed E-state index contributed by atoms with van der Waals surface area (Å²) in [7, 11) is -3.74. The Balaban J connectivity index is 1.24. The third-order valence-corrected chi connectivity index (χ3v) is 6.86. The second kappa shape index (κ2) is 11.0. The van der Waals surface area contributed by atoms with Gasteiger partial charge < -0.3 is 4.74 Å². The molecule has 4 rings (SSSR count). The van der Waals surface area contributed by atoms with Crippen LogP contribution >= 0.6 is 0 Å². The van der Waals surface area contributed by atoms with Gasteiger partial charge in [-0.2, -0.15) is 5.10 Å². The Bertz CT molecular complexity index is 1340. The summed E-state index contributed by atoms with van der Waals surface area (Å²) in [6.45, 7) is 2.72. The van der Waals surface area contributed by atoms with Crippen molar-refractivity contribution in [1.29, 1.82) is 0 Å². The summed E-state index contributed by atoms with van der Waals surface area (Å²) < 4.78 is 33.2. The van der Waals surface area contributed by atoms with Crippen LogP contribution in [0.5, 0.6) is 5.75 Å². The minimum Gasteiger partial charge on any atom is -0.494 e. The first-order valence-electron chi connectivity index (χ1n) is 11.5. The molecule has 0 atom stereocenters. The van der Waals surface area contributed by atoms with E-state index in [1.807, 2.05) is 6.92 Å². The number of imide groups is 1. The number of amides is 2. The molecule has 9 nitrogen and oxygen atoms in total. The van der Waals surface area contributed by atoms with Gasteiger partial charge in [0.15, 0.2) is 0 Å². The SMILES string of the molecule is CCOc1ccc(NS(=O)(=O)c2ccc(N/N=C\CCCN3C(=O)c4ccccc4C3=O)cc2)cc1. The first-order valence-corrected chi connectivity index (χ1v) is 13.0. The number of hydrazone groups is 1. The van der Waals surface area contributed by atoms with Crippen LogP contribution in [0.15, 0.2) is 82.8 Å². The van der Waals surface area contributed by atoms with Crippen molar-refractivity contribution >= 4 is 39.4 Å². The smallest absolute Gasteiger partial charge is 0.261 e. The number of unbranched alkanes of at least 4 members (excludes halogenated alkanes) is 1. The standard InChI is InChI=1S/C26H26N4O5S/c1-2-35-21-13-9-20(10-14-21)29-36(33,34)22-15-11-19(12-16-22)28-27-17-5-6-18-30-25(31)23-7-3-4-8-24(23)26(30)32/h3-4,7-17,28-29H,2,5-6,18H2,1H3/b27-17-. The Morgan fingerprint density at radius 2 is 1.50 bits per heavy atom. The molecule has 2 amide bonds. The lowest BCUT2D eigenvalue weighted by Gasteiger charge is -2.12. The predicted octanol–water partition coefficient (Wildman–Crippen LogP) is 4.36. The molecule has 0 fully saturated rings. The number of benzene rings is 3. The van der Waals surface area contributed by atoms with Gasteiger partial charge in [0, 0.05) is 18.4 Å². The Morgan fingerprint density at radius 3 is 2.11 bits per heavy atom. The molecule has 0 radical (unpaired) electrons. The van der Waals surface area contributed by atoms with Crippen LogP contribution in [0.4, 0.5) is 11.4 Å². The van der Waals surface area contributed by atoms with Crippen molar-refractivity contribution in [2.75, 3.05) is 23.3 Å². The molecule has 0 aromatic heterocycles. The largest absolute Gasteiger partial charge is 0.494 e. The quantitative estimate of drug-likeness (QED) is 0.173. The lowest BCUT2D eigenvalue weighted by atomic mass is 10.1. The molecule has 0 unspecified atom stereocenters. The van der Waals surface area contributed by atoms with Gasteiger partial charge >= 0.3 is 0 Å². The monoisotopic (exact) mass is 506 g/mol. The minimum atomic E-state index is -3.74. The van der Waals surface area contributed by atoms with Crippen molar-refractivity contribution in [3.63, 3.8) is 0 Å². The Morgan fingerprint density at radius 1 is 0.889 bits per heavy atom. The fraction of sp³-hybridized carbons (Fsp3) is 0.192. The first kappa shape index (κ1) is 24.9. The maximum absolute atomic E-state index is 12.6. The minimum absolute atomic E-state index is 0.117. The third kappa shape index (κ3) is 5.72. The summed E-state index contributed by atoms with van der Waals surface area (Å²) in [6, 6.07) is 19.7. The third-order valence-electron chi connectivity index (χ3n) is 5.46. The number of carbonyl (C=O) groups is 2. The lowest BCUT2D eigenvalue weighted by Crippen LogP contribution is -2.30. The molecule has 36 heavy (non-hydrogen) atoms. The Hall–Kier alpha value is -4.18. The Labute approximate surface area is 209 Å². The van der Waals surface area contributed by atoms with Gasteiger partial charge in [0.05, 0.1) is 28.3 Å². The highest BCUT2D eigenvalue weighted by Gasteiger charge is 2.34. The topological polar surface area (TPSA) is 117 Å². The molecule has 10 heteroatoms. The molecule has 3 aromatic rings. The van der Waals surface area contributed by atoms with Crippen LogP contribution in [0.1, 0.15) is 40.5 Å². The summed E-state index contributed by atoms with van der Waals surface area (Å²) in [5.41, 5.74) is 4.78. The molecule has 0 bridgehead atoms. The van der Waals surface area contributed by atoms with Crippen molar-refractivity contribution in [2.24, 2.45) is 5.10 Å². The highest BCUT2D eigenvalue weighted by molar-refractivity contribution is 7.92. The second-order valence-electron chi connectivity index (χ2n) is 7.96. The molecule has 3 aromatic carbocycles. The summed E-state index contributed by atoms with van der Waals surface area (Å²) in [5.74, 6) is 0.135. The zero-order chi connectivity index (χ0) is 25.5. The maximum Gasteiger partial charge on any atom is 0.261 e. The van der Waals surface area contributed by atoms with E-state index in [0.29, 0.717) is 54.2 Å². The van der Waals surface area contributed by atoms with E-state index in [1.54, 1.807) is 66.9 Å². The highest BCUT2D eigenvalue weighted by Crippen LogP contribution is 2.23. The van der Waals surface area contributed by atoms with E-state index in [-0.39, 0.29) is 16.7 Å². The van der Waals surface area contributed by atoms with Crippen molar-refractivity contribution in [3.8, 4) is 5.75 Å².